The van der Waals surface area contributed by atoms with Gasteiger partial charge >= 0.3 is 0 Å². The summed E-state index contributed by atoms with van der Waals surface area (Å²) in [6, 6.07) is 23.6. The Bertz CT molecular complexity index is 869. The van der Waals surface area contributed by atoms with Crippen LogP contribution in [0.3, 0.4) is 0 Å². The normalized spacial score (nSPS) is 10.7. The maximum atomic E-state index is 3.42. The summed E-state index contributed by atoms with van der Waals surface area (Å²) >= 11 is 0. The Hall–Kier alpha value is -3.07. The van der Waals surface area contributed by atoms with Crippen LogP contribution < -0.4 is 0 Å². The van der Waals surface area contributed by atoms with Crippen molar-refractivity contribution in [2.75, 3.05) is 0 Å². The minimum absolute atomic E-state index is 1.34. The van der Waals surface area contributed by atoms with Gasteiger partial charge in [0.1, 0.15) is 0 Å². The van der Waals surface area contributed by atoms with Crippen LogP contribution in [0.2, 0.25) is 0 Å². The summed E-state index contributed by atoms with van der Waals surface area (Å²) in [7, 11) is 0. The molecule has 3 nitrogen and oxygen atoms in total. The van der Waals surface area contributed by atoms with Gasteiger partial charge in [-0.05, 0) is 43.6 Å². The third-order valence-corrected chi connectivity index (χ3v) is 3.80. The Morgan fingerprint density at radius 1 is 0.455 bits per heavy atom. The van der Waals surface area contributed by atoms with Gasteiger partial charge in [-0.25, -0.2) is 0 Å². The van der Waals surface area contributed by atoms with Crippen molar-refractivity contribution in [1.29, 1.82) is 0 Å². The first-order valence-electron chi connectivity index (χ1n) is 7.14. The van der Waals surface area contributed by atoms with Crippen molar-refractivity contribution in [1.82, 2.24) is 15.4 Å². The molecule has 0 unspecified atom stereocenters. The highest BCUT2D eigenvalue weighted by atomic mass is 15.3. The highest BCUT2D eigenvalue weighted by Crippen LogP contribution is 2.33. The molecule has 0 radical (unpaired) electrons. The first-order chi connectivity index (χ1) is 10.9. The van der Waals surface area contributed by atoms with Crippen LogP contribution in [-0.4, -0.2) is 15.4 Å². The topological polar surface area (TPSA) is 38.7 Å². The molecule has 0 atom stereocenters. The van der Waals surface area contributed by atoms with E-state index in [4.69, 9.17) is 0 Å². The van der Waals surface area contributed by atoms with E-state index in [0.29, 0.717) is 0 Å². The van der Waals surface area contributed by atoms with Crippen LogP contribution >= 0.6 is 0 Å². The Morgan fingerprint density at radius 2 is 0.864 bits per heavy atom. The molecule has 0 saturated heterocycles. The van der Waals surface area contributed by atoms with Crippen LogP contribution in [0.15, 0.2) is 79.1 Å². The lowest BCUT2D eigenvalue weighted by atomic mass is 9.95. The van der Waals surface area contributed by atoms with Gasteiger partial charge in [0, 0.05) is 0 Å². The smallest absolute Gasteiger partial charge is 0.0529 e. The molecule has 0 saturated carbocycles. The maximum Gasteiger partial charge on any atom is 0.0529 e. The van der Waals surface area contributed by atoms with Crippen molar-refractivity contribution in [3.8, 4) is 0 Å². The van der Waals surface area contributed by atoms with E-state index in [-0.39, 0.29) is 0 Å². The van der Waals surface area contributed by atoms with Gasteiger partial charge in [0.2, 0.25) is 0 Å². The number of aromatic nitrogens is 3. The molecule has 104 valence electrons. The molecule has 22 heavy (non-hydrogen) atoms. The summed E-state index contributed by atoms with van der Waals surface area (Å²) in [5, 5.41) is 18.3. The number of hydrogen-bond donors (Lipinski definition) is 0. The summed E-state index contributed by atoms with van der Waals surface area (Å²) in [5.41, 5.74) is 0. The molecule has 0 N–H and O–H groups in total. The van der Waals surface area contributed by atoms with E-state index in [1.165, 1.54) is 32.3 Å². The van der Waals surface area contributed by atoms with Crippen molar-refractivity contribution in [2.24, 2.45) is 0 Å². The maximum absolute atomic E-state index is 3.42. The average molecular weight is 283 g/mol. The highest BCUT2D eigenvalue weighted by Gasteiger charge is 2.05. The molecule has 5 rings (SSSR count). The average Bonchev–Trinajstić information content (AvgIpc) is 2.62. The van der Waals surface area contributed by atoms with Gasteiger partial charge in [-0.15, -0.1) is 10.2 Å². The van der Waals surface area contributed by atoms with E-state index in [1.54, 1.807) is 18.5 Å². The molecule has 0 aliphatic carbocycles. The summed E-state index contributed by atoms with van der Waals surface area (Å²) in [5.74, 6) is 0. The van der Waals surface area contributed by atoms with Crippen molar-refractivity contribution in [3.63, 3.8) is 0 Å². The summed E-state index contributed by atoms with van der Waals surface area (Å²) in [4.78, 5) is 0. The number of hydrogen-bond acceptors (Lipinski definition) is 3. The second-order valence-electron chi connectivity index (χ2n) is 5.10. The van der Waals surface area contributed by atoms with E-state index >= 15 is 0 Å². The fraction of sp³-hybridized carbons (Fsp3) is 0. The third-order valence-electron chi connectivity index (χ3n) is 3.80. The summed E-state index contributed by atoms with van der Waals surface area (Å²) in [6.45, 7) is 0. The third kappa shape index (κ3) is 2.13. The molecule has 0 aliphatic heterocycles. The van der Waals surface area contributed by atoms with Gasteiger partial charge in [0.25, 0.3) is 0 Å². The molecule has 0 aliphatic rings. The van der Waals surface area contributed by atoms with Crippen molar-refractivity contribution in [3.05, 3.63) is 79.1 Å². The largest absolute Gasteiger partial charge is 0.139 e. The predicted octanol–water partition coefficient (Wildman–Crippen LogP) is 4.46. The van der Waals surface area contributed by atoms with Crippen molar-refractivity contribution < 1.29 is 0 Å². The molecule has 0 bridgehead atoms. The van der Waals surface area contributed by atoms with E-state index in [1.807, 2.05) is 0 Å². The van der Waals surface area contributed by atoms with Crippen LogP contribution in [0.4, 0.5) is 0 Å². The fourth-order valence-corrected chi connectivity index (χ4v) is 2.87. The van der Waals surface area contributed by atoms with Crippen LogP contribution in [0, 0.1) is 0 Å². The molecule has 3 heteroatoms. The van der Waals surface area contributed by atoms with Gasteiger partial charge in [-0.1, -0.05) is 60.7 Å². The van der Waals surface area contributed by atoms with Gasteiger partial charge in [-0.3, -0.25) is 0 Å². The SMILES string of the molecule is c1cc2ccc3cccc4ccc(c1)c2c34.c1cnnnc1. The molecular formula is C19H13N3. The molecule has 5 aromatic rings. The second kappa shape index (κ2) is 5.37. The van der Waals surface area contributed by atoms with Gasteiger partial charge < -0.3 is 0 Å². The first-order valence-corrected chi connectivity index (χ1v) is 7.14. The zero-order valence-electron chi connectivity index (χ0n) is 11.8. The van der Waals surface area contributed by atoms with Crippen LogP contribution in [0.1, 0.15) is 0 Å². The monoisotopic (exact) mass is 283 g/mol. The minimum Gasteiger partial charge on any atom is -0.139 e. The Labute approximate surface area is 127 Å². The lowest BCUT2D eigenvalue weighted by Gasteiger charge is -2.09. The summed E-state index contributed by atoms with van der Waals surface area (Å²) in [6.07, 6.45) is 3.15. The molecule has 0 amide bonds. The van der Waals surface area contributed by atoms with Crippen molar-refractivity contribution in [2.45, 2.75) is 0 Å². The van der Waals surface area contributed by atoms with Gasteiger partial charge in [-0.2, -0.15) is 0 Å². The summed E-state index contributed by atoms with van der Waals surface area (Å²) < 4.78 is 0. The lowest BCUT2D eigenvalue weighted by molar-refractivity contribution is 0.865. The Morgan fingerprint density at radius 3 is 1.14 bits per heavy atom. The molecule has 0 fully saturated rings. The first kappa shape index (κ1) is 12.7. The van der Waals surface area contributed by atoms with Gasteiger partial charge in [0.15, 0.2) is 0 Å². The Balaban J connectivity index is 0.000000177. The van der Waals surface area contributed by atoms with Crippen molar-refractivity contribution >= 4 is 32.3 Å². The molecule has 0 spiro atoms. The zero-order chi connectivity index (χ0) is 14.8. The van der Waals surface area contributed by atoms with Crippen LogP contribution in [0.25, 0.3) is 32.3 Å². The van der Waals surface area contributed by atoms with Crippen LogP contribution in [0.5, 0.6) is 0 Å². The van der Waals surface area contributed by atoms with E-state index in [2.05, 4.69) is 76.1 Å². The molecule has 1 aromatic heterocycles. The quantitative estimate of drug-likeness (QED) is 0.394. The lowest BCUT2D eigenvalue weighted by Crippen LogP contribution is -1.82. The van der Waals surface area contributed by atoms with E-state index < -0.39 is 0 Å². The van der Waals surface area contributed by atoms with E-state index in [0.717, 1.165) is 0 Å². The second-order valence-corrected chi connectivity index (χ2v) is 5.10. The number of benzene rings is 4. The molecule has 1 heterocycles. The Kier molecular flexibility index (Phi) is 3.09. The predicted molar refractivity (Wildman–Crippen MR) is 90.0 cm³/mol. The minimum atomic E-state index is 1.34. The standard InChI is InChI=1S/C16H10.C3H3N3/c1-3-11-7-9-13-5-2-6-14-10-8-12(4-1)15(11)16(13)14;1-2-4-6-5-3-1/h1-10H;1-3H. The highest BCUT2D eigenvalue weighted by molar-refractivity contribution is 6.22. The number of rotatable bonds is 0. The molecular weight excluding hydrogens is 270 g/mol. The fourth-order valence-electron chi connectivity index (χ4n) is 2.87. The van der Waals surface area contributed by atoms with Crippen LogP contribution in [-0.2, 0) is 0 Å². The van der Waals surface area contributed by atoms with Gasteiger partial charge in [0.05, 0.1) is 12.4 Å². The van der Waals surface area contributed by atoms with E-state index in [9.17, 15) is 0 Å². The molecule has 4 aromatic carbocycles. The number of nitrogens with zero attached hydrogens (tertiary/aromatic N) is 3. The zero-order valence-corrected chi connectivity index (χ0v) is 11.8.